The zero-order chi connectivity index (χ0) is 21.2. The summed E-state index contributed by atoms with van der Waals surface area (Å²) in [6.07, 6.45) is 2.39. The van der Waals surface area contributed by atoms with Gasteiger partial charge < -0.3 is 10.1 Å². The molecule has 3 rings (SSSR count). The first-order chi connectivity index (χ1) is 13.7. The van der Waals surface area contributed by atoms with Crippen molar-refractivity contribution in [1.29, 1.82) is 0 Å². The largest absolute Gasteiger partial charge is 0.496 e. The van der Waals surface area contributed by atoms with Crippen molar-refractivity contribution in [3.8, 4) is 17.1 Å². The Labute approximate surface area is 164 Å². The zero-order valence-corrected chi connectivity index (χ0v) is 16.1. The van der Waals surface area contributed by atoms with Crippen molar-refractivity contribution in [2.24, 2.45) is 5.14 Å². The summed E-state index contributed by atoms with van der Waals surface area (Å²) in [5, 5.41) is 9.07. The summed E-state index contributed by atoms with van der Waals surface area (Å²) in [6, 6.07) is 5.95. The van der Waals surface area contributed by atoms with Gasteiger partial charge in [-0.1, -0.05) is 0 Å². The standard InChI is InChI=1S/C18H16F3N5O2S/c1-28-15-6-11(19)3-4-13(15)17-23-9-24-18(26-17)25-12-5-10(8-29(2,22)27)16(21)14(20)7-12/h3-9H,1-2H3,(H2,22,27)(H,23,24,25,26). The fourth-order valence-corrected chi connectivity index (χ4v) is 3.16. The molecule has 0 aliphatic rings. The molecule has 0 fully saturated rings. The van der Waals surface area contributed by atoms with Crippen LogP contribution in [0.1, 0.15) is 5.56 Å². The molecule has 0 aliphatic carbocycles. The van der Waals surface area contributed by atoms with Crippen LogP contribution in [0, 0.1) is 17.5 Å². The third kappa shape index (κ3) is 5.00. The highest BCUT2D eigenvalue weighted by atomic mass is 32.2. The average Bonchev–Trinajstić information content (AvgIpc) is 2.64. The summed E-state index contributed by atoms with van der Waals surface area (Å²) in [5.41, 5.74) is 0.242. The van der Waals surface area contributed by atoms with E-state index in [-0.39, 0.29) is 28.8 Å². The van der Waals surface area contributed by atoms with Gasteiger partial charge in [0.2, 0.25) is 5.95 Å². The lowest BCUT2D eigenvalue weighted by molar-refractivity contribution is 0.412. The van der Waals surface area contributed by atoms with Crippen molar-refractivity contribution in [2.45, 2.75) is 0 Å². The van der Waals surface area contributed by atoms with Crippen LogP contribution in [0.4, 0.5) is 24.8 Å². The Bertz CT molecular complexity index is 1190. The van der Waals surface area contributed by atoms with Gasteiger partial charge in [-0.05, 0) is 18.2 Å². The number of ether oxygens (including phenoxy) is 1. The second-order valence-electron chi connectivity index (χ2n) is 6.05. The molecule has 11 heteroatoms. The Morgan fingerprint density at radius 2 is 1.93 bits per heavy atom. The minimum atomic E-state index is -2.96. The van der Waals surface area contributed by atoms with Crippen LogP contribution in [-0.4, -0.2) is 37.9 Å². The number of nitrogens with zero attached hydrogens (tertiary/aromatic N) is 3. The van der Waals surface area contributed by atoms with Crippen molar-refractivity contribution >= 4 is 26.7 Å². The van der Waals surface area contributed by atoms with Gasteiger partial charge in [-0.15, -0.1) is 0 Å². The summed E-state index contributed by atoms with van der Waals surface area (Å²) in [7, 11) is -1.58. The number of methoxy groups -OCH3 is 1. The number of anilines is 2. The third-order valence-corrected chi connectivity index (χ3v) is 4.37. The maximum Gasteiger partial charge on any atom is 0.230 e. The molecule has 3 N–H and O–H groups in total. The minimum Gasteiger partial charge on any atom is -0.496 e. The molecule has 1 aromatic heterocycles. The SMILES string of the molecule is COc1cc(F)ccc1-c1ncnc(Nc2cc(F)c(F)c(C=S(C)(N)=O)c2)n1. The summed E-state index contributed by atoms with van der Waals surface area (Å²) < 4.78 is 58.1. The molecule has 0 radical (unpaired) electrons. The van der Waals surface area contributed by atoms with Gasteiger partial charge in [0, 0.05) is 44.7 Å². The molecule has 0 spiro atoms. The van der Waals surface area contributed by atoms with Crippen LogP contribution in [0.5, 0.6) is 5.75 Å². The molecular formula is C18H16F3N5O2S. The number of halogens is 3. The number of nitrogens with two attached hydrogens (primary N) is 1. The molecule has 0 aliphatic heterocycles. The van der Waals surface area contributed by atoms with E-state index in [4.69, 9.17) is 9.88 Å². The minimum absolute atomic E-state index is 0.0170. The van der Waals surface area contributed by atoms with Crippen LogP contribution < -0.4 is 15.2 Å². The maximum atomic E-state index is 14.0. The Balaban J connectivity index is 1.99. The van der Waals surface area contributed by atoms with E-state index in [1.165, 1.54) is 44.0 Å². The van der Waals surface area contributed by atoms with E-state index in [1.54, 1.807) is 0 Å². The first kappa shape index (κ1) is 20.6. The molecule has 3 aromatic rings. The van der Waals surface area contributed by atoms with Crippen LogP contribution >= 0.6 is 0 Å². The molecule has 0 saturated carbocycles. The molecule has 2 aromatic carbocycles. The van der Waals surface area contributed by atoms with Gasteiger partial charge >= 0.3 is 0 Å². The first-order valence-corrected chi connectivity index (χ1v) is 10.2. The number of benzene rings is 2. The predicted octanol–water partition coefficient (Wildman–Crippen LogP) is 2.65. The molecule has 0 amide bonds. The van der Waals surface area contributed by atoms with Crippen LogP contribution in [0.2, 0.25) is 0 Å². The Morgan fingerprint density at radius 1 is 1.17 bits per heavy atom. The highest BCUT2D eigenvalue weighted by molar-refractivity contribution is 7.98. The number of hydrogen-bond acceptors (Lipinski definition) is 6. The fraction of sp³-hybridized carbons (Fsp3) is 0.111. The molecule has 1 heterocycles. The number of rotatable bonds is 5. The van der Waals surface area contributed by atoms with Crippen molar-refractivity contribution in [3.63, 3.8) is 0 Å². The normalized spacial score (nSPS) is 12.9. The van der Waals surface area contributed by atoms with Crippen LogP contribution in [-0.2, 0) is 9.71 Å². The van der Waals surface area contributed by atoms with E-state index in [0.717, 1.165) is 11.4 Å². The second-order valence-corrected chi connectivity index (χ2v) is 8.22. The fourth-order valence-electron chi connectivity index (χ4n) is 2.49. The second kappa shape index (κ2) is 8.05. The summed E-state index contributed by atoms with van der Waals surface area (Å²) in [5.74, 6) is -2.43. The summed E-state index contributed by atoms with van der Waals surface area (Å²) in [4.78, 5) is 12.2. The topological polar surface area (TPSA) is 103 Å². The molecule has 0 saturated heterocycles. The van der Waals surface area contributed by atoms with Crippen molar-refractivity contribution in [1.82, 2.24) is 15.0 Å². The third-order valence-electron chi connectivity index (χ3n) is 3.65. The van der Waals surface area contributed by atoms with Gasteiger partial charge in [0.15, 0.2) is 17.5 Å². The Morgan fingerprint density at radius 3 is 2.62 bits per heavy atom. The van der Waals surface area contributed by atoms with Crippen LogP contribution in [0.25, 0.3) is 11.4 Å². The quantitative estimate of drug-likeness (QED) is 0.612. The van der Waals surface area contributed by atoms with Gasteiger partial charge in [-0.25, -0.2) is 23.1 Å². The molecule has 7 nitrogen and oxygen atoms in total. The smallest absolute Gasteiger partial charge is 0.230 e. The van der Waals surface area contributed by atoms with E-state index in [2.05, 4.69) is 20.3 Å². The van der Waals surface area contributed by atoms with E-state index >= 15 is 0 Å². The monoisotopic (exact) mass is 423 g/mol. The molecule has 1 unspecified atom stereocenters. The van der Waals surface area contributed by atoms with Gasteiger partial charge in [0.1, 0.15) is 17.9 Å². The van der Waals surface area contributed by atoms with Gasteiger partial charge in [-0.2, -0.15) is 4.98 Å². The van der Waals surface area contributed by atoms with E-state index < -0.39 is 27.2 Å². The number of hydrogen-bond donors (Lipinski definition) is 2. The van der Waals surface area contributed by atoms with Crippen molar-refractivity contribution < 1.29 is 22.1 Å². The van der Waals surface area contributed by atoms with Gasteiger partial charge in [0.25, 0.3) is 0 Å². The van der Waals surface area contributed by atoms with E-state index in [0.29, 0.717) is 5.56 Å². The Kier molecular flexibility index (Phi) is 5.71. The van der Waals surface area contributed by atoms with Crippen LogP contribution in [0.15, 0.2) is 36.7 Å². The van der Waals surface area contributed by atoms with Crippen molar-refractivity contribution in [2.75, 3.05) is 18.7 Å². The van der Waals surface area contributed by atoms with E-state index in [1.807, 2.05) is 0 Å². The zero-order valence-electron chi connectivity index (χ0n) is 15.3. The van der Waals surface area contributed by atoms with Gasteiger partial charge in [0.05, 0.1) is 12.7 Å². The summed E-state index contributed by atoms with van der Waals surface area (Å²) in [6.45, 7) is 0. The highest BCUT2D eigenvalue weighted by Crippen LogP contribution is 2.28. The number of aromatic nitrogens is 3. The predicted molar refractivity (Wildman–Crippen MR) is 105 cm³/mol. The van der Waals surface area contributed by atoms with Gasteiger partial charge in [-0.3, -0.25) is 9.35 Å². The molecule has 1 atom stereocenters. The Hall–Kier alpha value is -3.18. The number of nitrogens with one attached hydrogen (secondary N) is 1. The lowest BCUT2D eigenvalue weighted by Gasteiger charge is -2.10. The highest BCUT2D eigenvalue weighted by Gasteiger charge is 2.14. The van der Waals surface area contributed by atoms with Crippen molar-refractivity contribution in [3.05, 3.63) is 59.7 Å². The molecule has 0 bridgehead atoms. The molecule has 152 valence electrons. The average molecular weight is 423 g/mol. The van der Waals surface area contributed by atoms with E-state index in [9.17, 15) is 17.4 Å². The maximum absolute atomic E-state index is 14.0. The molecular weight excluding hydrogens is 407 g/mol. The lowest BCUT2D eigenvalue weighted by Crippen LogP contribution is -2.14. The molecule has 29 heavy (non-hydrogen) atoms. The summed E-state index contributed by atoms with van der Waals surface area (Å²) >= 11 is 0. The first-order valence-electron chi connectivity index (χ1n) is 8.07. The lowest BCUT2D eigenvalue weighted by atomic mass is 10.2. The van der Waals surface area contributed by atoms with Crippen LogP contribution in [0.3, 0.4) is 0 Å².